The number of hydrogen-bond donors (Lipinski definition) is 3. The number of ether oxygens (including phenoxy) is 4. The van der Waals surface area contributed by atoms with Crippen molar-refractivity contribution in [2.75, 3.05) is 39.6 Å². The molecule has 0 aromatic rings. The van der Waals surface area contributed by atoms with E-state index in [0.717, 1.165) is 102 Å². The Morgan fingerprint density at radius 3 is 0.710 bits per heavy atom. The van der Waals surface area contributed by atoms with Crippen LogP contribution in [0.3, 0.4) is 0 Å². The van der Waals surface area contributed by atoms with Crippen LogP contribution in [0, 0.1) is 11.8 Å². The van der Waals surface area contributed by atoms with Gasteiger partial charge in [-0.05, 0) is 37.5 Å². The molecule has 0 aromatic carbocycles. The third-order valence-corrected chi connectivity index (χ3v) is 23.0. The monoisotopic (exact) mass is 1560 g/mol. The lowest BCUT2D eigenvalue weighted by atomic mass is 9.99. The van der Waals surface area contributed by atoms with Gasteiger partial charge in [0.1, 0.15) is 19.3 Å². The molecule has 0 rings (SSSR count). The quantitative estimate of drug-likeness (QED) is 0.0222. The molecule has 0 spiro atoms. The normalized spacial score (nSPS) is 14.0. The van der Waals surface area contributed by atoms with Crippen molar-refractivity contribution in [1.82, 2.24) is 0 Å². The summed E-state index contributed by atoms with van der Waals surface area (Å²) in [5.74, 6) is -0.527. The van der Waals surface area contributed by atoms with Crippen LogP contribution in [0.1, 0.15) is 472 Å². The zero-order valence-electron chi connectivity index (χ0n) is 70.5. The van der Waals surface area contributed by atoms with E-state index in [2.05, 4.69) is 41.5 Å². The molecule has 0 fully saturated rings. The van der Waals surface area contributed by atoms with Gasteiger partial charge in [0.05, 0.1) is 26.4 Å². The van der Waals surface area contributed by atoms with Crippen molar-refractivity contribution in [1.29, 1.82) is 0 Å². The average molecular weight is 1560 g/mol. The summed E-state index contributed by atoms with van der Waals surface area (Å²) in [5.41, 5.74) is 0. The van der Waals surface area contributed by atoms with Crippen molar-refractivity contribution in [2.24, 2.45) is 11.8 Å². The largest absolute Gasteiger partial charge is 0.472 e. The van der Waals surface area contributed by atoms with Crippen LogP contribution in [-0.4, -0.2) is 96.7 Å². The molecule has 17 nitrogen and oxygen atoms in total. The number of hydrogen-bond acceptors (Lipinski definition) is 15. The fourth-order valence-electron chi connectivity index (χ4n) is 13.7. The van der Waals surface area contributed by atoms with Gasteiger partial charge in [0.2, 0.25) is 0 Å². The predicted molar refractivity (Wildman–Crippen MR) is 442 cm³/mol. The van der Waals surface area contributed by atoms with Crippen LogP contribution < -0.4 is 0 Å². The molecule has 107 heavy (non-hydrogen) atoms. The zero-order chi connectivity index (χ0) is 78.5. The molecule has 3 unspecified atom stereocenters. The summed E-state index contributed by atoms with van der Waals surface area (Å²) in [6, 6.07) is 0. The summed E-state index contributed by atoms with van der Waals surface area (Å²) in [6.07, 6.45) is 72.2. The Kier molecular flexibility index (Phi) is 77.9. The van der Waals surface area contributed by atoms with E-state index in [1.807, 2.05) is 0 Å². The highest BCUT2D eigenvalue weighted by molar-refractivity contribution is 7.47. The molecule has 0 heterocycles. The molecule has 0 bridgehead atoms. The second-order valence-electron chi connectivity index (χ2n) is 32.4. The first-order valence-electron chi connectivity index (χ1n) is 45.5. The van der Waals surface area contributed by atoms with Gasteiger partial charge in [0.25, 0.3) is 0 Å². The number of phosphoric acid groups is 2. The Hall–Kier alpha value is -1.94. The second kappa shape index (κ2) is 79.3. The fraction of sp³-hybridized carbons (Fsp3) is 0.955. The van der Waals surface area contributed by atoms with E-state index < -0.39 is 97.5 Å². The lowest BCUT2D eigenvalue weighted by Gasteiger charge is -2.21. The van der Waals surface area contributed by atoms with Crippen molar-refractivity contribution in [3.63, 3.8) is 0 Å². The lowest BCUT2D eigenvalue weighted by Crippen LogP contribution is -2.30. The van der Waals surface area contributed by atoms with Gasteiger partial charge in [-0.15, -0.1) is 0 Å². The summed E-state index contributed by atoms with van der Waals surface area (Å²) in [6.45, 7) is 9.71. The lowest BCUT2D eigenvalue weighted by molar-refractivity contribution is -0.161. The molecule has 0 amide bonds. The molecule has 19 heteroatoms. The van der Waals surface area contributed by atoms with E-state index in [1.165, 1.54) is 289 Å². The van der Waals surface area contributed by atoms with Gasteiger partial charge in [-0.1, -0.05) is 420 Å². The summed E-state index contributed by atoms with van der Waals surface area (Å²) in [5, 5.41) is 10.7. The van der Waals surface area contributed by atoms with Crippen LogP contribution in [0.2, 0.25) is 0 Å². The maximum atomic E-state index is 13.2. The molecule has 0 aromatic heterocycles. The first-order chi connectivity index (χ1) is 51.9. The van der Waals surface area contributed by atoms with Crippen molar-refractivity contribution in [2.45, 2.75) is 490 Å². The Bertz CT molecular complexity index is 2050. The smallest absolute Gasteiger partial charge is 0.462 e. The van der Waals surface area contributed by atoms with Crippen LogP contribution in [0.5, 0.6) is 0 Å². The highest BCUT2D eigenvalue weighted by Gasteiger charge is 2.31. The van der Waals surface area contributed by atoms with E-state index >= 15 is 0 Å². The number of aliphatic hydroxyl groups excluding tert-OH is 1. The Balaban J connectivity index is 5.26. The number of phosphoric ester groups is 2. The molecule has 6 atom stereocenters. The minimum Gasteiger partial charge on any atom is -0.462 e. The fourth-order valence-corrected chi connectivity index (χ4v) is 15.3. The van der Waals surface area contributed by atoms with E-state index in [1.54, 1.807) is 0 Å². The molecule has 636 valence electrons. The first kappa shape index (κ1) is 105. The first-order valence-corrected chi connectivity index (χ1v) is 48.5. The van der Waals surface area contributed by atoms with E-state index in [0.29, 0.717) is 25.7 Å². The van der Waals surface area contributed by atoms with Gasteiger partial charge in [-0.3, -0.25) is 37.3 Å². The number of carbonyl (C=O) groups excluding carboxylic acids is 4. The van der Waals surface area contributed by atoms with Crippen LogP contribution in [0.25, 0.3) is 0 Å². The number of rotatable bonds is 87. The van der Waals surface area contributed by atoms with Crippen molar-refractivity contribution < 1.29 is 80.2 Å². The molecular weight excluding hydrogens is 1390 g/mol. The van der Waals surface area contributed by atoms with E-state index in [4.69, 9.17) is 37.0 Å². The van der Waals surface area contributed by atoms with Crippen LogP contribution in [-0.2, 0) is 65.4 Å². The minimum absolute atomic E-state index is 0.107. The summed E-state index contributed by atoms with van der Waals surface area (Å²) >= 11 is 0. The highest BCUT2D eigenvalue weighted by Crippen LogP contribution is 2.45. The number of esters is 4. The van der Waals surface area contributed by atoms with Crippen LogP contribution in [0.15, 0.2) is 0 Å². The number of carbonyl (C=O) groups is 4. The standard InChI is InChI=1S/C88H172O17P2/c1-7-10-12-14-16-18-20-22-24-26-28-30-32-37-41-45-52-58-64-70-85(90)98-76-83(104-87(92)72-66-60-54-46-42-38-33-31-29-27-25-23-21-19-17-15-13-11-8-2)78-102-106(94,95)100-74-82(89)75-101-107(96,97)103-79-84(77-99-86(91)71-65-59-53-49-48-51-57-63-69-81(6)9-3)105-88(93)73-67-61-55-47-43-39-35-34-36-40-44-50-56-62-68-80(4)5/h80-84,89H,7-79H2,1-6H3,(H,94,95)(H,96,97)/t81?,82-,83-,84-/m1/s1. The van der Waals surface area contributed by atoms with Gasteiger partial charge in [0.15, 0.2) is 12.2 Å². The molecule has 3 N–H and O–H groups in total. The maximum Gasteiger partial charge on any atom is 0.472 e. The second-order valence-corrected chi connectivity index (χ2v) is 35.3. The Labute approximate surface area is 658 Å². The summed E-state index contributed by atoms with van der Waals surface area (Å²) in [7, 11) is -9.93. The van der Waals surface area contributed by atoms with Gasteiger partial charge in [0, 0.05) is 25.7 Å². The molecule has 0 aliphatic heterocycles. The van der Waals surface area contributed by atoms with Crippen LogP contribution in [0.4, 0.5) is 0 Å². The van der Waals surface area contributed by atoms with Gasteiger partial charge in [-0.25, -0.2) is 9.13 Å². The molecule has 0 radical (unpaired) electrons. The third-order valence-electron chi connectivity index (χ3n) is 21.1. The molecule has 0 aliphatic rings. The van der Waals surface area contributed by atoms with Crippen molar-refractivity contribution in [3.8, 4) is 0 Å². The molecular formula is C88H172O17P2. The average Bonchev–Trinajstić information content (AvgIpc) is 0.904. The molecule has 0 saturated carbocycles. The minimum atomic E-state index is -4.97. The Morgan fingerprint density at radius 2 is 0.477 bits per heavy atom. The molecule has 0 aliphatic carbocycles. The summed E-state index contributed by atoms with van der Waals surface area (Å²) in [4.78, 5) is 73.3. The van der Waals surface area contributed by atoms with Gasteiger partial charge >= 0.3 is 39.5 Å². The maximum absolute atomic E-state index is 13.2. The number of aliphatic hydroxyl groups is 1. The predicted octanol–water partition coefficient (Wildman–Crippen LogP) is 27.0. The zero-order valence-corrected chi connectivity index (χ0v) is 72.2. The molecule has 0 saturated heterocycles. The van der Waals surface area contributed by atoms with E-state index in [-0.39, 0.29) is 25.7 Å². The summed E-state index contributed by atoms with van der Waals surface area (Å²) < 4.78 is 69.0. The van der Waals surface area contributed by atoms with Crippen LogP contribution >= 0.6 is 15.6 Å². The Morgan fingerprint density at radius 1 is 0.271 bits per heavy atom. The topological polar surface area (TPSA) is 237 Å². The van der Waals surface area contributed by atoms with E-state index in [9.17, 15) is 43.2 Å². The van der Waals surface area contributed by atoms with Gasteiger partial charge < -0.3 is 33.8 Å². The van der Waals surface area contributed by atoms with Crippen molar-refractivity contribution >= 4 is 39.5 Å². The third kappa shape index (κ3) is 80.5. The highest BCUT2D eigenvalue weighted by atomic mass is 31.2. The van der Waals surface area contributed by atoms with Gasteiger partial charge in [-0.2, -0.15) is 0 Å². The van der Waals surface area contributed by atoms with Crippen molar-refractivity contribution in [3.05, 3.63) is 0 Å². The number of unbranched alkanes of at least 4 members (excludes halogenated alkanes) is 56. The SMILES string of the molecule is CCCCCCCCCCCCCCCCCCCCCC(=O)OC[C@H](COP(=O)(O)OC[C@@H](O)COP(=O)(O)OC[C@@H](COC(=O)CCCCCCCCCCC(C)CC)OC(=O)CCCCCCCCCCCCCCCCC(C)C)OC(=O)CCCCCCCCCCCCCCCCCCCCC.